The van der Waals surface area contributed by atoms with Crippen LogP contribution in [0.5, 0.6) is 0 Å². The van der Waals surface area contributed by atoms with Gasteiger partial charge in [0, 0.05) is 22.7 Å². The van der Waals surface area contributed by atoms with Crippen LogP contribution in [0.2, 0.25) is 0 Å². The van der Waals surface area contributed by atoms with E-state index in [0.717, 1.165) is 0 Å². The molecule has 2 rings (SSSR count). The summed E-state index contributed by atoms with van der Waals surface area (Å²) in [5, 5.41) is 16.2. The smallest absolute Gasteiger partial charge is 0.0897 e. The Hall–Kier alpha value is -0.0700. The molecule has 0 radical (unpaired) electrons. The molecule has 0 aliphatic heterocycles. The Balaban J connectivity index is 1.60. The Bertz CT molecular complexity index is 359. The predicted molar refractivity (Wildman–Crippen MR) is 87.5 cm³/mol. The second kappa shape index (κ2) is 9.05. The van der Waals surface area contributed by atoms with Gasteiger partial charge in [0.1, 0.15) is 0 Å². The molecule has 0 aromatic carbocycles. The van der Waals surface area contributed by atoms with Crippen molar-refractivity contribution in [2.24, 2.45) is 0 Å². The molecule has 0 spiro atoms. The van der Waals surface area contributed by atoms with Crippen molar-refractivity contribution in [3.05, 3.63) is 22.4 Å². The van der Waals surface area contributed by atoms with Crippen LogP contribution < -0.4 is 5.32 Å². The van der Waals surface area contributed by atoms with Gasteiger partial charge in [-0.1, -0.05) is 18.9 Å². The lowest BCUT2D eigenvalue weighted by Crippen LogP contribution is -2.44. The minimum Gasteiger partial charge on any atom is -0.389 e. The van der Waals surface area contributed by atoms with Gasteiger partial charge in [0.2, 0.25) is 0 Å². The highest BCUT2D eigenvalue weighted by molar-refractivity contribution is 7.99. The Labute approximate surface area is 130 Å². The van der Waals surface area contributed by atoms with Gasteiger partial charge >= 0.3 is 0 Å². The number of thioether (sulfide) groups is 1. The third-order valence-electron chi connectivity index (χ3n) is 3.76. The maximum atomic E-state index is 9.98. The zero-order valence-corrected chi connectivity index (χ0v) is 13.7. The molecule has 3 atom stereocenters. The fraction of sp³-hybridized carbons (Fsp3) is 0.733. The summed E-state index contributed by atoms with van der Waals surface area (Å²) in [5.41, 5.74) is 0. The molecule has 114 valence electrons. The van der Waals surface area contributed by atoms with Gasteiger partial charge < -0.3 is 15.2 Å². The fourth-order valence-corrected chi connectivity index (χ4v) is 4.25. The van der Waals surface area contributed by atoms with Gasteiger partial charge in [-0.2, -0.15) is 11.8 Å². The molecule has 1 aromatic rings. The van der Waals surface area contributed by atoms with E-state index in [4.69, 9.17) is 4.74 Å². The number of rotatable bonds is 8. The minimum absolute atomic E-state index is 0.404. The molecule has 0 amide bonds. The van der Waals surface area contributed by atoms with Crippen LogP contribution in [0.4, 0.5) is 0 Å². The molecule has 1 aliphatic rings. The molecule has 1 aromatic heterocycles. The van der Waals surface area contributed by atoms with Crippen LogP contribution in [0.1, 0.15) is 30.6 Å². The van der Waals surface area contributed by atoms with Gasteiger partial charge in [-0.15, -0.1) is 11.3 Å². The first kappa shape index (κ1) is 16.3. The van der Waals surface area contributed by atoms with Crippen LogP contribution in [0.3, 0.4) is 0 Å². The van der Waals surface area contributed by atoms with Crippen molar-refractivity contribution in [3.63, 3.8) is 0 Å². The maximum absolute atomic E-state index is 9.98. The number of hydrogen-bond donors (Lipinski definition) is 2. The second-order valence-corrected chi connectivity index (χ2v) is 7.43. The molecule has 20 heavy (non-hydrogen) atoms. The molecule has 0 saturated heterocycles. The van der Waals surface area contributed by atoms with Gasteiger partial charge in [0.15, 0.2) is 0 Å². The third-order valence-corrected chi connectivity index (χ3v) is 5.78. The van der Waals surface area contributed by atoms with E-state index in [2.05, 4.69) is 17.6 Å². The van der Waals surface area contributed by atoms with Crippen LogP contribution in [0, 0.1) is 0 Å². The van der Waals surface area contributed by atoms with Crippen LogP contribution in [-0.2, 0) is 11.3 Å². The molecule has 5 heteroatoms. The van der Waals surface area contributed by atoms with Crippen LogP contribution in [0.15, 0.2) is 17.5 Å². The number of hydrogen-bond acceptors (Lipinski definition) is 5. The van der Waals surface area contributed by atoms with Crippen molar-refractivity contribution in [2.45, 2.75) is 49.7 Å². The molecule has 1 heterocycles. The minimum atomic E-state index is -0.417. The maximum Gasteiger partial charge on any atom is 0.0897 e. The summed E-state index contributed by atoms with van der Waals surface area (Å²) >= 11 is 3.64. The number of ether oxygens (including phenoxy) is 1. The zero-order chi connectivity index (χ0) is 14.2. The summed E-state index contributed by atoms with van der Waals surface area (Å²) in [4.78, 5) is 1.21. The SMILES string of the molecule is CSC1CCCCC1NCC(O)COCc1cccs1. The summed E-state index contributed by atoms with van der Waals surface area (Å²) in [6.07, 6.45) is 6.94. The monoisotopic (exact) mass is 315 g/mol. The van der Waals surface area contributed by atoms with Gasteiger partial charge in [-0.25, -0.2) is 0 Å². The highest BCUT2D eigenvalue weighted by Crippen LogP contribution is 2.27. The average molecular weight is 316 g/mol. The molecular weight excluding hydrogens is 290 g/mol. The van der Waals surface area contributed by atoms with Crippen molar-refractivity contribution in [1.29, 1.82) is 0 Å². The molecule has 2 N–H and O–H groups in total. The van der Waals surface area contributed by atoms with E-state index >= 15 is 0 Å². The molecule has 1 fully saturated rings. The van der Waals surface area contributed by atoms with E-state index in [0.29, 0.717) is 31.1 Å². The van der Waals surface area contributed by atoms with Gasteiger partial charge in [0.25, 0.3) is 0 Å². The molecule has 3 unspecified atom stereocenters. The molecule has 1 saturated carbocycles. The summed E-state index contributed by atoms with van der Waals surface area (Å²) in [6.45, 7) is 1.64. The van der Waals surface area contributed by atoms with E-state index < -0.39 is 6.10 Å². The standard InChI is InChI=1S/C15H25NO2S2/c1-19-15-7-3-2-6-14(15)16-9-12(17)10-18-11-13-5-4-8-20-13/h4-5,8,12,14-17H,2-3,6-7,9-11H2,1H3. The number of nitrogens with one attached hydrogen (secondary N) is 1. The van der Waals surface area contributed by atoms with Crippen molar-refractivity contribution in [2.75, 3.05) is 19.4 Å². The lowest BCUT2D eigenvalue weighted by Gasteiger charge is -2.31. The summed E-state index contributed by atoms with van der Waals surface area (Å²) < 4.78 is 5.55. The Morgan fingerprint density at radius 1 is 1.50 bits per heavy atom. The Morgan fingerprint density at radius 2 is 2.35 bits per heavy atom. The van der Waals surface area contributed by atoms with Crippen molar-refractivity contribution < 1.29 is 9.84 Å². The Morgan fingerprint density at radius 3 is 3.10 bits per heavy atom. The molecular formula is C15H25NO2S2. The largest absolute Gasteiger partial charge is 0.389 e. The van der Waals surface area contributed by atoms with E-state index in [-0.39, 0.29) is 0 Å². The van der Waals surface area contributed by atoms with E-state index in [1.807, 2.05) is 23.2 Å². The quantitative estimate of drug-likeness (QED) is 0.774. The van der Waals surface area contributed by atoms with Crippen molar-refractivity contribution in [3.8, 4) is 0 Å². The first-order valence-corrected chi connectivity index (χ1v) is 9.50. The van der Waals surface area contributed by atoms with Crippen molar-refractivity contribution >= 4 is 23.1 Å². The molecule has 1 aliphatic carbocycles. The molecule has 0 bridgehead atoms. The van der Waals surface area contributed by atoms with E-state index in [9.17, 15) is 5.11 Å². The fourth-order valence-electron chi connectivity index (χ4n) is 2.65. The van der Waals surface area contributed by atoms with E-state index in [1.54, 1.807) is 11.3 Å². The Kier molecular flexibility index (Phi) is 7.38. The van der Waals surface area contributed by atoms with Gasteiger partial charge in [-0.05, 0) is 30.5 Å². The summed E-state index contributed by atoms with van der Waals surface area (Å²) in [7, 11) is 0. The summed E-state index contributed by atoms with van der Waals surface area (Å²) in [6, 6.07) is 4.62. The van der Waals surface area contributed by atoms with Gasteiger partial charge in [0.05, 0.1) is 19.3 Å². The molecule has 3 nitrogen and oxygen atoms in total. The first-order valence-electron chi connectivity index (χ1n) is 7.34. The highest BCUT2D eigenvalue weighted by Gasteiger charge is 2.24. The predicted octanol–water partition coefficient (Wildman–Crippen LogP) is 2.89. The van der Waals surface area contributed by atoms with Crippen LogP contribution in [-0.4, -0.2) is 41.9 Å². The third kappa shape index (κ3) is 5.37. The number of aliphatic hydroxyl groups excluding tert-OH is 1. The lowest BCUT2D eigenvalue weighted by molar-refractivity contribution is 0.0281. The number of aliphatic hydroxyl groups is 1. The van der Waals surface area contributed by atoms with Crippen LogP contribution in [0.25, 0.3) is 0 Å². The topological polar surface area (TPSA) is 41.5 Å². The van der Waals surface area contributed by atoms with E-state index in [1.165, 1.54) is 30.6 Å². The average Bonchev–Trinajstić information content (AvgIpc) is 2.98. The van der Waals surface area contributed by atoms with Crippen molar-refractivity contribution in [1.82, 2.24) is 5.32 Å². The normalized spacial score (nSPS) is 24.7. The zero-order valence-electron chi connectivity index (χ0n) is 12.1. The first-order chi connectivity index (χ1) is 9.79. The van der Waals surface area contributed by atoms with Gasteiger partial charge in [-0.3, -0.25) is 0 Å². The highest BCUT2D eigenvalue weighted by atomic mass is 32.2. The lowest BCUT2D eigenvalue weighted by atomic mass is 9.95. The summed E-state index contributed by atoms with van der Waals surface area (Å²) in [5.74, 6) is 0. The second-order valence-electron chi connectivity index (χ2n) is 5.32. The number of thiophene rings is 1. The van der Waals surface area contributed by atoms with Crippen LogP contribution >= 0.6 is 23.1 Å².